The first-order valence-electron chi connectivity index (χ1n) is 9.31. The van der Waals surface area contributed by atoms with Crippen LogP contribution in [0.2, 0.25) is 0 Å². The van der Waals surface area contributed by atoms with Gasteiger partial charge in [-0.25, -0.2) is 21.6 Å². The molecule has 5 nitrogen and oxygen atoms in total. The quantitative estimate of drug-likeness (QED) is 0.593. The smallest absolute Gasteiger partial charge is 0.219 e. The van der Waals surface area contributed by atoms with Crippen LogP contribution in [0.15, 0.2) is 93.5 Å². The maximum atomic E-state index is 12.9. The molecule has 0 aliphatic rings. The van der Waals surface area contributed by atoms with Crippen molar-refractivity contribution >= 4 is 19.9 Å². The van der Waals surface area contributed by atoms with E-state index in [1.807, 2.05) is 37.3 Å². The average molecular weight is 430 g/mol. The summed E-state index contributed by atoms with van der Waals surface area (Å²) in [4.78, 5) is 0.0963. The molecule has 0 aliphatic heterocycles. The maximum Gasteiger partial charge on any atom is 0.240 e. The lowest BCUT2D eigenvalue weighted by Gasteiger charge is -2.13. The molecule has 152 valence electrons. The fourth-order valence-corrected chi connectivity index (χ4v) is 5.78. The molecule has 0 heterocycles. The molecule has 0 radical (unpaired) electrons. The monoisotopic (exact) mass is 429 g/mol. The molecule has 0 unspecified atom stereocenters. The van der Waals surface area contributed by atoms with Crippen LogP contribution in [-0.2, 0) is 32.7 Å². The first-order chi connectivity index (χ1) is 13.8. The van der Waals surface area contributed by atoms with Gasteiger partial charge in [-0.1, -0.05) is 61.5 Å². The van der Waals surface area contributed by atoms with Crippen molar-refractivity contribution in [2.24, 2.45) is 0 Å². The number of sulfone groups is 1. The highest BCUT2D eigenvalue weighted by molar-refractivity contribution is 7.91. The number of sulfonamides is 1. The third-order valence-electron chi connectivity index (χ3n) is 4.62. The van der Waals surface area contributed by atoms with Crippen LogP contribution in [0.5, 0.6) is 0 Å². The second-order valence-electron chi connectivity index (χ2n) is 6.57. The van der Waals surface area contributed by atoms with E-state index in [9.17, 15) is 16.8 Å². The van der Waals surface area contributed by atoms with Gasteiger partial charge in [-0.15, -0.1) is 0 Å². The number of hydrogen-bond acceptors (Lipinski definition) is 4. The zero-order valence-corrected chi connectivity index (χ0v) is 17.7. The Morgan fingerprint density at radius 2 is 1.38 bits per heavy atom. The van der Waals surface area contributed by atoms with Crippen molar-refractivity contribution in [1.29, 1.82) is 0 Å². The molecule has 29 heavy (non-hydrogen) atoms. The minimum atomic E-state index is -3.85. The van der Waals surface area contributed by atoms with E-state index in [0.717, 1.165) is 5.56 Å². The molecule has 3 aromatic rings. The molecule has 7 heteroatoms. The van der Waals surface area contributed by atoms with E-state index in [-0.39, 0.29) is 21.2 Å². The average Bonchev–Trinajstić information content (AvgIpc) is 2.74. The maximum absolute atomic E-state index is 12.9. The van der Waals surface area contributed by atoms with Gasteiger partial charge < -0.3 is 0 Å². The zero-order valence-electron chi connectivity index (χ0n) is 16.1. The summed E-state index contributed by atoms with van der Waals surface area (Å²) in [5.74, 6) is 0. The summed E-state index contributed by atoms with van der Waals surface area (Å²) >= 11 is 0. The van der Waals surface area contributed by atoms with Crippen molar-refractivity contribution in [3.05, 3.63) is 90.0 Å². The molecule has 0 aliphatic carbocycles. The van der Waals surface area contributed by atoms with Gasteiger partial charge in [0.2, 0.25) is 19.9 Å². The van der Waals surface area contributed by atoms with E-state index in [4.69, 9.17) is 0 Å². The molecule has 0 amide bonds. The van der Waals surface area contributed by atoms with Crippen molar-refractivity contribution < 1.29 is 16.8 Å². The van der Waals surface area contributed by atoms with Gasteiger partial charge in [0.25, 0.3) is 0 Å². The van der Waals surface area contributed by atoms with E-state index in [2.05, 4.69) is 4.72 Å². The summed E-state index contributed by atoms with van der Waals surface area (Å²) in [6, 6.07) is 21.8. The molecule has 0 bridgehead atoms. The lowest BCUT2D eigenvalue weighted by atomic mass is 10.2. The fraction of sp³-hybridized carbons (Fsp3) is 0.182. The van der Waals surface area contributed by atoms with E-state index in [0.29, 0.717) is 18.4 Å². The standard InChI is InChI=1S/C22H23NO4S2/c1-2-19-13-14-21(28(24,25)20-11-7-4-8-12-20)17-22(19)29(26,27)23-16-15-18-9-5-3-6-10-18/h3-14,17,23H,2,15-16H2,1H3. The molecular formula is C22H23NO4S2. The first kappa shape index (κ1) is 21.2. The van der Waals surface area contributed by atoms with Crippen molar-refractivity contribution in [3.8, 4) is 0 Å². The predicted molar refractivity (Wildman–Crippen MR) is 113 cm³/mol. The van der Waals surface area contributed by atoms with Gasteiger partial charge in [-0.2, -0.15) is 0 Å². The Hall–Kier alpha value is -2.48. The van der Waals surface area contributed by atoms with Crippen LogP contribution in [0, 0.1) is 0 Å². The molecule has 0 saturated carbocycles. The molecule has 0 aromatic heterocycles. The van der Waals surface area contributed by atoms with Gasteiger partial charge in [0.1, 0.15) is 0 Å². The number of rotatable bonds is 8. The Morgan fingerprint density at radius 1 is 0.759 bits per heavy atom. The van der Waals surface area contributed by atoms with Crippen LogP contribution in [0.3, 0.4) is 0 Å². The summed E-state index contributed by atoms with van der Waals surface area (Å²) in [5.41, 5.74) is 1.59. The highest BCUT2D eigenvalue weighted by atomic mass is 32.2. The third kappa shape index (κ3) is 4.93. The summed E-state index contributed by atoms with van der Waals surface area (Å²) < 4.78 is 54.2. The van der Waals surface area contributed by atoms with Gasteiger partial charge in [-0.05, 0) is 48.2 Å². The van der Waals surface area contributed by atoms with Crippen LogP contribution < -0.4 is 4.72 Å². The minimum Gasteiger partial charge on any atom is -0.219 e. The van der Waals surface area contributed by atoms with Gasteiger partial charge in [0.15, 0.2) is 0 Å². The number of aryl methyl sites for hydroxylation is 1. The SMILES string of the molecule is CCc1ccc(S(=O)(=O)c2ccccc2)cc1S(=O)(=O)NCCc1ccccc1. The summed E-state index contributed by atoms with van der Waals surface area (Å²) in [6.07, 6.45) is 1.02. The molecule has 3 rings (SSSR count). The van der Waals surface area contributed by atoms with E-state index < -0.39 is 19.9 Å². The van der Waals surface area contributed by atoms with Crippen LogP contribution in [0.4, 0.5) is 0 Å². The second kappa shape index (κ2) is 8.90. The lowest BCUT2D eigenvalue weighted by molar-refractivity contribution is 0.580. The zero-order chi connectivity index (χ0) is 20.9. The second-order valence-corrected chi connectivity index (χ2v) is 10.3. The van der Waals surface area contributed by atoms with Crippen molar-refractivity contribution in [2.75, 3.05) is 6.54 Å². The van der Waals surface area contributed by atoms with Crippen LogP contribution in [-0.4, -0.2) is 23.4 Å². The molecule has 1 N–H and O–H groups in total. The van der Waals surface area contributed by atoms with E-state index in [1.165, 1.54) is 24.3 Å². The Morgan fingerprint density at radius 3 is 2.00 bits per heavy atom. The van der Waals surface area contributed by atoms with Gasteiger partial charge >= 0.3 is 0 Å². The minimum absolute atomic E-state index is 0.00469. The summed E-state index contributed by atoms with van der Waals surface area (Å²) in [5, 5.41) is 0. The van der Waals surface area contributed by atoms with E-state index in [1.54, 1.807) is 24.3 Å². The molecule has 0 saturated heterocycles. The highest BCUT2D eigenvalue weighted by Crippen LogP contribution is 2.26. The van der Waals surface area contributed by atoms with Crippen molar-refractivity contribution in [2.45, 2.75) is 34.5 Å². The Kier molecular flexibility index (Phi) is 6.52. The molecule has 0 fully saturated rings. The first-order valence-corrected chi connectivity index (χ1v) is 12.3. The van der Waals surface area contributed by atoms with Crippen molar-refractivity contribution in [3.63, 3.8) is 0 Å². The molecule has 0 atom stereocenters. The van der Waals surface area contributed by atoms with Crippen molar-refractivity contribution in [1.82, 2.24) is 4.72 Å². The number of benzene rings is 3. The topological polar surface area (TPSA) is 80.3 Å². The largest absolute Gasteiger partial charge is 0.240 e. The van der Waals surface area contributed by atoms with Gasteiger partial charge in [0.05, 0.1) is 14.7 Å². The molecular weight excluding hydrogens is 406 g/mol. The number of nitrogens with one attached hydrogen (secondary N) is 1. The van der Waals surface area contributed by atoms with Gasteiger partial charge in [-0.3, -0.25) is 0 Å². The molecule has 0 spiro atoms. The normalized spacial score (nSPS) is 12.0. The summed E-state index contributed by atoms with van der Waals surface area (Å²) in [6.45, 7) is 2.06. The Balaban J connectivity index is 1.90. The molecule has 3 aromatic carbocycles. The third-order valence-corrected chi connectivity index (χ3v) is 7.93. The number of hydrogen-bond donors (Lipinski definition) is 1. The fourth-order valence-electron chi connectivity index (χ4n) is 3.03. The van der Waals surface area contributed by atoms with Gasteiger partial charge in [0, 0.05) is 6.54 Å². The lowest BCUT2D eigenvalue weighted by Crippen LogP contribution is -2.27. The Bertz CT molecular complexity index is 1170. The van der Waals surface area contributed by atoms with Crippen LogP contribution >= 0.6 is 0 Å². The van der Waals surface area contributed by atoms with Crippen LogP contribution in [0.25, 0.3) is 0 Å². The van der Waals surface area contributed by atoms with E-state index >= 15 is 0 Å². The predicted octanol–water partition coefficient (Wildman–Crippen LogP) is 3.60. The summed E-state index contributed by atoms with van der Waals surface area (Å²) in [7, 11) is -7.66. The van der Waals surface area contributed by atoms with Crippen LogP contribution in [0.1, 0.15) is 18.1 Å². The highest BCUT2D eigenvalue weighted by Gasteiger charge is 2.23. The Labute approximate surface area is 172 Å².